The Labute approximate surface area is 117 Å². The number of benzene rings is 1. The highest BCUT2D eigenvalue weighted by molar-refractivity contribution is 8.14. The first kappa shape index (κ1) is 16.9. The van der Waals surface area contributed by atoms with Crippen LogP contribution < -0.4 is 0 Å². The molecule has 0 bridgehead atoms. The maximum atomic E-state index is 13.0. The van der Waals surface area contributed by atoms with Gasteiger partial charge in [-0.05, 0) is 6.42 Å². The summed E-state index contributed by atoms with van der Waals surface area (Å²) >= 11 is 0.835. The number of rotatable bonds is 6. The molecule has 0 unspecified atom stereocenters. The van der Waals surface area contributed by atoms with Gasteiger partial charge in [-0.3, -0.25) is 4.79 Å². The van der Waals surface area contributed by atoms with Gasteiger partial charge in [0, 0.05) is 17.7 Å². The average Bonchev–Trinajstić information content (AvgIpc) is 2.32. The Hall–Kier alpha value is -1.11. The van der Waals surface area contributed by atoms with E-state index < -0.39 is 24.9 Å². The van der Waals surface area contributed by atoms with Gasteiger partial charge in [0.05, 0.1) is 0 Å². The number of carbonyl (C=O) groups excluding carboxylic acids is 1. The predicted molar refractivity (Wildman–Crippen MR) is 68.1 cm³/mol. The van der Waals surface area contributed by atoms with Crippen molar-refractivity contribution in [2.75, 3.05) is 5.75 Å². The van der Waals surface area contributed by atoms with Crippen LogP contribution in [0.5, 0.6) is 0 Å². The molecular weight excluding hydrogens is 299 g/mol. The normalized spacial score (nSPS) is 12.4. The van der Waals surface area contributed by atoms with E-state index in [1.807, 2.05) is 0 Å². The molecule has 1 nitrogen and oxygen atoms in total. The zero-order chi connectivity index (χ0) is 15.2. The monoisotopic (exact) mass is 312 g/mol. The number of hydrogen-bond donors (Lipinski definition) is 0. The summed E-state index contributed by atoms with van der Waals surface area (Å²) in [6.45, 7) is 0. The molecule has 20 heavy (non-hydrogen) atoms. The molecule has 0 atom stereocenters. The molecule has 0 aliphatic heterocycles. The predicted octanol–water partition coefficient (Wildman–Crippen LogP) is 4.93. The van der Waals surface area contributed by atoms with Gasteiger partial charge in [0.1, 0.15) is 6.42 Å². The molecule has 0 radical (unpaired) electrons. The molecule has 7 heteroatoms. The standard InChI is InChI=1S/C13H13F5OS/c14-12(15,9-13(16,17)18)7-4-8-20-11(19)10-5-2-1-3-6-10/h1-3,5-6H,4,7-9H2. The van der Waals surface area contributed by atoms with E-state index in [9.17, 15) is 26.7 Å². The van der Waals surface area contributed by atoms with E-state index in [2.05, 4.69) is 0 Å². The molecule has 0 saturated heterocycles. The van der Waals surface area contributed by atoms with Crippen LogP contribution in [0.1, 0.15) is 29.6 Å². The molecule has 0 heterocycles. The van der Waals surface area contributed by atoms with Crippen LogP contribution in [0.15, 0.2) is 30.3 Å². The maximum absolute atomic E-state index is 13.0. The average molecular weight is 312 g/mol. The lowest BCUT2D eigenvalue weighted by atomic mass is 10.1. The minimum atomic E-state index is -4.88. The lowest BCUT2D eigenvalue weighted by molar-refractivity contribution is -0.189. The van der Waals surface area contributed by atoms with Crippen LogP contribution in [0.3, 0.4) is 0 Å². The van der Waals surface area contributed by atoms with E-state index in [4.69, 9.17) is 0 Å². The Morgan fingerprint density at radius 1 is 1.05 bits per heavy atom. The van der Waals surface area contributed by atoms with E-state index in [1.54, 1.807) is 30.3 Å². The molecule has 1 rings (SSSR count). The van der Waals surface area contributed by atoms with Gasteiger partial charge in [-0.2, -0.15) is 13.2 Å². The second-order valence-corrected chi connectivity index (χ2v) is 5.32. The highest BCUT2D eigenvalue weighted by atomic mass is 32.2. The van der Waals surface area contributed by atoms with Gasteiger partial charge in [-0.25, -0.2) is 8.78 Å². The fourth-order valence-corrected chi connectivity index (χ4v) is 2.31. The summed E-state index contributed by atoms with van der Waals surface area (Å²) in [6, 6.07) is 8.26. The highest BCUT2D eigenvalue weighted by Gasteiger charge is 2.42. The van der Waals surface area contributed by atoms with E-state index in [0.29, 0.717) is 5.56 Å². The Morgan fingerprint density at radius 2 is 1.65 bits per heavy atom. The molecule has 0 aliphatic rings. The molecule has 0 N–H and O–H groups in total. The molecule has 0 fully saturated rings. The first-order valence-corrected chi connectivity index (χ1v) is 6.85. The first-order valence-electron chi connectivity index (χ1n) is 5.86. The van der Waals surface area contributed by atoms with Gasteiger partial charge in [0.15, 0.2) is 0 Å². The van der Waals surface area contributed by atoms with Crippen molar-refractivity contribution in [1.82, 2.24) is 0 Å². The lowest BCUT2D eigenvalue weighted by Gasteiger charge is -2.17. The van der Waals surface area contributed by atoms with E-state index in [1.165, 1.54) is 0 Å². The van der Waals surface area contributed by atoms with Crippen molar-refractivity contribution in [2.45, 2.75) is 31.4 Å². The van der Waals surface area contributed by atoms with Crippen molar-refractivity contribution in [3.05, 3.63) is 35.9 Å². The number of alkyl halides is 5. The van der Waals surface area contributed by atoms with Crippen LogP contribution in [0.4, 0.5) is 22.0 Å². The molecular formula is C13H13F5OS. The van der Waals surface area contributed by atoms with Gasteiger partial charge >= 0.3 is 6.18 Å². The zero-order valence-corrected chi connectivity index (χ0v) is 11.2. The van der Waals surface area contributed by atoms with Crippen molar-refractivity contribution in [3.8, 4) is 0 Å². The molecule has 0 aromatic heterocycles. The fraction of sp³-hybridized carbons (Fsp3) is 0.462. The van der Waals surface area contributed by atoms with Crippen LogP contribution in [-0.4, -0.2) is 23.0 Å². The molecule has 1 aromatic rings. The highest BCUT2D eigenvalue weighted by Crippen LogP contribution is 2.34. The summed E-state index contributed by atoms with van der Waals surface area (Å²) < 4.78 is 61.5. The summed E-state index contributed by atoms with van der Waals surface area (Å²) in [4.78, 5) is 11.6. The Bertz CT molecular complexity index is 430. The van der Waals surface area contributed by atoms with Gasteiger partial charge in [0.25, 0.3) is 5.92 Å². The number of hydrogen-bond acceptors (Lipinski definition) is 2. The third kappa shape index (κ3) is 6.88. The zero-order valence-electron chi connectivity index (χ0n) is 10.4. The fourth-order valence-electron chi connectivity index (χ4n) is 1.53. The van der Waals surface area contributed by atoms with Crippen molar-refractivity contribution in [2.24, 2.45) is 0 Å². The minimum Gasteiger partial charge on any atom is -0.282 e. The molecule has 0 amide bonds. The Morgan fingerprint density at radius 3 is 2.20 bits per heavy atom. The van der Waals surface area contributed by atoms with Crippen LogP contribution in [-0.2, 0) is 0 Å². The van der Waals surface area contributed by atoms with Gasteiger partial charge in [-0.1, -0.05) is 42.1 Å². The molecule has 112 valence electrons. The second kappa shape index (κ2) is 7.06. The van der Waals surface area contributed by atoms with E-state index >= 15 is 0 Å². The third-order valence-electron chi connectivity index (χ3n) is 2.39. The summed E-state index contributed by atoms with van der Waals surface area (Å²) in [5.41, 5.74) is 0.444. The largest absolute Gasteiger partial charge is 0.394 e. The van der Waals surface area contributed by atoms with Crippen molar-refractivity contribution < 1.29 is 26.7 Å². The van der Waals surface area contributed by atoms with Crippen LogP contribution in [0, 0.1) is 0 Å². The Kier molecular flexibility index (Phi) is 5.98. The van der Waals surface area contributed by atoms with Crippen LogP contribution in [0.25, 0.3) is 0 Å². The van der Waals surface area contributed by atoms with Gasteiger partial charge in [-0.15, -0.1) is 0 Å². The van der Waals surface area contributed by atoms with Gasteiger partial charge < -0.3 is 0 Å². The van der Waals surface area contributed by atoms with Gasteiger partial charge in [0.2, 0.25) is 5.12 Å². The third-order valence-corrected chi connectivity index (χ3v) is 3.38. The van der Waals surface area contributed by atoms with E-state index in [0.717, 1.165) is 11.8 Å². The molecule has 0 spiro atoms. The summed E-state index contributed by atoms with van der Waals surface area (Å²) in [6.07, 6.45) is -8.01. The summed E-state index contributed by atoms with van der Waals surface area (Å²) in [5.74, 6) is -3.70. The van der Waals surface area contributed by atoms with E-state index in [-0.39, 0.29) is 17.3 Å². The first-order chi connectivity index (χ1) is 9.20. The van der Waals surface area contributed by atoms with Crippen molar-refractivity contribution >= 4 is 16.9 Å². The topological polar surface area (TPSA) is 17.1 Å². The summed E-state index contributed by atoms with van der Waals surface area (Å²) in [7, 11) is 0. The summed E-state index contributed by atoms with van der Waals surface area (Å²) in [5, 5.41) is -0.273. The number of carbonyl (C=O) groups is 1. The maximum Gasteiger partial charge on any atom is 0.394 e. The van der Waals surface area contributed by atoms with Crippen molar-refractivity contribution in [1.29, 1.82) is 0 Å². The van der Waals surface area contributed by atoms with Crippen LogP contribution in [0.2, 0.25) is 0 Å². The lowest BCUT2D eigenvalue weighted by Crippen LogP contribution is -2.25. The molecule has 0 saturated carbocycles. The number of halogens is 5. The smallest absolute Gasteiger partial charge is 0.282 e. The minimum absolute atomic E-state index is 0.0706. The van der Waals surface area contributed by atoms with Crippen LogP contribution >= 0.6 is 11.8 Å². The molecule has 1 aromatic carbocycles. The quantitative estimate of drug-likeness (QED) is 0.547. The Balaban J connectivity index is 2.30. The SMILES string of the molecule is O=C(SCCCC(F)(F)CC(F)(F)F)c1ccccc1. The second-order valence-electron chi connectivity index (χ2n) is 4.25. The van der Waals surface area contributed by atoms with Crippen molar-refractivity contribution in [3.63, 3.8) is 0 Å². The number of thioether (sulfide) groups is 1. The molecule has 0 aliphatic carbocycles.